The Morgan fingerprint density at radius 2 is 2.26 bits per heavy atom. The van der Waals surface area contributed by atoms with Gasteiger partial charge >= 0.3 is 0 Å². The minimum Gasteiger partial charge on any atom is -0.411 e. The molecule has 0 spiro atoms. The van der Waals surface area contributed by atoms with Crippen molar-refractivity contribution in [3.05, 3.63) is 30.1 Å². The molecule has 1 aliphatic heterocycles. The predicted octanol–water partition coefficient (Wildman–Crippen LogP) is 2.26. The van der Waals surface area contributed by atoms with E-state index in [1.165, 1.54) is 6.07 Å². The molecule has 8 heteroatoms. The molecule has 0 aliphatic carbocycles. The first-order valence-electron chi connectivity index (χ1n) is 7.32. The Labute approximate surface area is 136 Å². The number of hydrogen-bond donors (Lipinski definition) is 1. The Morgan fingerprint density at radius 1 is 1.39 bits per heavy atom. The summed E-state index contributed by atoms with van der Waals surface area (Å²) in [7, 11) is 0. The number of thioether (sulfide) groups is 1. The van der Waals surface area contributed by atoms with E-state index >= 15 is 0 Å². The molecule has 1 atom stereocenters. The SMILES string of the molecule is O=C(CSc1nnc(-c2ccccc2F)o1)NCC1CCCO1. The zero-order valence-electron chi connectivity index (χ0n) is 12.3. The summed E-state index contributed by atoms with van der Waals surface area (Å²) in [6, 6.07) is 6.16. The smallest absolute Gasteiger partial charge is 0.277 e. The van der Waals surface area contributed by atoms with Crippen molar-refractivity contribution >= 4 is 17.7 Å². The predicted molar refractivity (Wildman–Crippen MR) is 82.4 cm³/mol. The fourth-order valence-corrected chi connectivity index (χ4v) is 2.82. The summed E-state index contributed by atoms with van der Waals surface area (Å²) in [4.78, 5) is 11.8. The largest absolute Gasteiger partial charge is 0.411 e. The van der Waals surface area contributed by atoms with E-state index in [1.54, 1.807) is 18.2 Å². The Balaban J connectivity index is 1.49. The minimum atomic E-state index is -0.429. The highest BCUT2D eigenvalue weighted by Crippen LogP contribution is 2.24. The van der Waals surface area contributed by atoms with Crippen LogP contribution in [0.4, 0.5) is 4.39 Å². The number of nitrogens with one attached hydrogen (secondary N) is 1. The third-order valence-corrected chi connectivity index (χ3v) is 4.21. The van der Waals surface area contributed by atoms with Gasteiger partial charge in [0.15, 0.2) is 0 Å². The van der Waals surface area contributed by atoms with E-state index in [4.69, 9.17) is 9.15 Å². The fourth-order valence-electron chi connectivity index (χ4n) is 2.22. The third kappa shape index (κ3) is 4.29. The van der Waals surface area contributed by atoms with Crippen LogP contribution in [0.2, 0.25) is 0 Å². The number of amides is 1. The van der Waals surface area contributed by atoms with Crippen molar-refractivity contribution in [3.63, 3.8) is 0 Å². The van der Waals surface area contributed by atoms with Crippen LogP contribution in [-0.2, 0) is 9.53 Å². The summed E-state index contributed by atoms with van der Waals surface area (Å²) in [6.07, 6.45) is 2.12. The number of carbonyl (C=O) groups excluding carboxylic acids is 1. The van der Waals surface area contributed by atoms with Crippen LogP contribution in [0.5, 0.6) is 0 Å². The van der Waals surface area contributed by atoms with Gasteiger partial charge in [0.25, 0.3) is 11.1 Å². The highest BCUT2D eigenvalue weighted by molar-refractivity contribution is 7.99. The van der Waals surface area contributed by atoms with Crippen LogP contribution in [-0.4, -0.2) is 41.1 Å². The van der Waals surface area contributed by atoms with E-state index in [2.05, 4.69) is 15.5 Å². The van der Waals surface area contributed by atoms with Crippen LogP contribution >= 0.6 is 11.8 Å². The molecule has 23 heavy (non-hydrogen) atoms. The maximum Gasteiger partial charge on any atom is 0.277 e. The highest BCUT2D eigenvalue weighted by atomic mass is 32.2. The molecule has 1 unspecified atom stereocenters. The number of carbonyl (C=O) groups is 1. The lowest BCUT2D eigenvalue weighted by atomic mass is 10.2. The molecule has 122 valence electrons. The van der Waals surface area contributed by atoms with E-state index in [9.17, 15) is 9.18 Å². The molecule has 1 aliphatic rings. The Kier molecular flexibility index (Phi) is 5.24. The summed E-state index contributed by atoms with van der Waals surface area (Å²) in [5.41, 5.74) is 0.245. The van der Waals surface area contributed by atoms with Gasteiger partial charge in [-0.15, -0.1) is 10.2 Å². The van der Waals surface area contributed by atoms with Crippen molar-refractivity contribution in [3.8, 4) is 11.5 Å². The second kappa shape index (κ2) is 7.56. The van der Waals surface area contributed by atoms with Crippen molar-refractivity contribution in [1.82, 2.24) is 15.5 Å². The van der Waals surface area contributed by atoms with Crippen molar-refractivity contribution in [2.75, 3.05) is 18.9 Å². The standard InChI is InChI=1S/C15H16FN3O3S/c16-12-6-2-1-5-11(12)14-18-19-15(22-14)23-9-13(20)17-8-10-4-3-7-21-10/h1-2,5-6,10H,3-4,7-9H2,(H,17,20). The molecule has 2 heterocycles. The van der Waals surface area contributed by atoms with Gasteiger partial charge in [0.1, 0.15) is 5.82 Å². The molecule has 0 bridgehead atoms. The van der Waals surface area contributed by atoms with Crippen LogP contribution < -0.4 is 5.32 Å². The van der Waals surface area contributed by atoms with Crippen molar-refractivity contribution in [2.24, 2.45) is 0 Å². The van der Waals surface area contributed by atoms with Gasteiger partial charge in [0.05, 0.1) is 17.4 Å². The normalized spacial score (nSPS) is 17.3. The average molecular weight is 337 g/mol. The quantitative estimate of drug-likeness (QED) is 0.815. The van der Waals surface area contributed by atoms with Crippen LogP contribution in [0, 0.1) is 5.82 Å². The molecule has 1 aromatic carbocycles. The summed E-state index contributed by atoms with van der Waals surface area (Å²) >= 11 is 1.12. The first kappa shape index (κ1) is 15.9. The summed E-state index contributed by atoms with van der Waals surface area (Å²) in [5.74, 6) is -0.297. The number of benzene rings is 1. The van der Waals surface area contributed by atoms with E-state index in [-0.39, 0.29) is 34.4 Å². The molecule has 2 aromatic rings. The van der Waals surface area contributed by atoms with E-state index in [0.717, 1.165) is 31.2 Å². The number of rotatable bonds is 6. The Hall–Kier alpha value is -1.93. The molecular formula is C15H16FN3O3S. The van der Waals surface area contributed by atoms with Gasteiger partial charge < -0.3 is 14.5 Å². The fraction of sp³-hybridized carbons (Fsp3) is 0.400. The third-order valence-electron chi connectivity index (χ3n) is 3.39. The topological polar surface area (TPSA) is 77.2 Å². The Morgan fingerprint density at radius 3 is 3.04 bits per heavy atom. The Bertz CT molecular complexity index is 673. The summed E-state index contributed by atoms with van der Waals surface area (Å²) < 4.78 is 24.4. The van der Waals surface area contributed by atoms with Gasteiger partial charge in [-0.2, -0.15) is 0 Å². The number of hydrogen-bond acceptors (Lipinski definition) is 6. The molecule has 0 radical (unpaired) electrons. The maximum absolute atomic E-state index is 13.6. The van der Waals surface area contributed by atoms with Gasteiger partial charge in [-0.05, 0) is 25.0 Å². The van der Waals surface area contributed by atoms with Crippen molar-refractivity contribution in [2.45, 2.75) is 24.2 Å². The van der Waals surface area contributed by atoms with E-state index < -0.39 is 5.82 Å². The molecule has 1 amide bonds. The van der Waals surface area contributed by atoms with Crippen LogP contribution in [0.3, 0.4) is 0 Å². The van der Waals surface area contributed by atoms with Gasteiger partial charge in [-0.3, -0.25) is 4.79 Å². The van der Waals surface area contributed by atoms with Gasteiger partial charge in [-0.1, -0.05) is 23.9 Å². The van der Waals surface area contributed by atoms with Gasteiger partial charge in [0.2, 0.25) is 5.91 Å². The van der Waals surface area contributed by atoms with Crippen molar-refractivity contribution in [1.29, 1.82) is 0 Å². The number of nitrogens with zero attached hydrogens (tertiary/aromatic N) is 2. The zero-order valence-corrected chi connectivity index (χ0v) is 13.1. The molecule has 3 rings (SSSR count). The van der Waals surface area contributed by atoms with Gasteiger partial charge in [-0.25, -0.2) is 4.39 Å². The van der Waals surface area contributed by atoms with Crippen LogP contribution in [0.15, 0.2) is 33.9 Å². The van der Waals surface area contributed by atoms with Crippen molar-refractivity contribution < 1.29 is 18.3 Å². The monoisotopic (exact) mass is 337 g/mol. The second-order valence-corrected chi connectivity index (χ2v) is 6.01. The second-order valence-electron chi connectivity index (χ2n) is 5.08. The van der Waals surface area contributed by atoms with Crippen LogP contribution in [0.25, 0.3) is 11.5 Å². The number of aromatic nitrogens is 2. The number of halogens is 1. The van der Waals surface area contributed by atoms with Crippen LogP contribution in [0.1, 0.15) is 12.8 Å². The highest BCUT2D eigenvalue weighted by Gasteiger charge is 2.17. The summed E-state index contributed by atoms with van der Waals surface area (Å²) in [6.45, 7) is 1.28. The molecular weight excluding hydrogens is 321 g/mol. The van der Waals surface area contributed by atoms with E-state index in [1.807, 2.05) is 0 Å². The molecule has 0 saturated carbocycles. The maximum atomic E-state index is 13.6. The lowest BCUT2D eigenvalue weighted by Gasteiger charge is -2.09. The first-order chi connectivity index (χ1) is 11.2. The van der Waals surface area contributed by atoms with Gasteiger partial charge in [0, 0.05) is 13.2 Å². The minimum absolute atomic E-state index is 0.102. The zero-order chi connectivity index (χ0) is 16.1. The molecule has 1 aromatic heterocycles. The lowest BCUT2D eigenvalue weighted by Crippen LogP contribution is -2.32. The molecule has 6 nitrogen and oxygen atoms in total. The molecule has 1 fully saturated rings. The lowest BCUT2D eigenvalue weighted by molar-refractivity contribution is -0.119. The summed E-state index contributed by atoms with van der Waals surface area (Å²) in [5, 5.41) is 10.7. The average Bonchev–Trinajstić information content (AvgIpc) is 3.23. The molecule has 1 saturated heterocycles. The van der Waals surface area contributed by atoms with E-state index in [0.29, 0.717) is 6.54 Å². The first-order valence-corrected chi connectivity index (χ1v) is 8.30. The molecule has 1 N–H and O–H groups in total. The number of ether oxygens (including phenoxy) is 1.